The predicted molar refractivity (Wildman–Crippen MR) is 68.4 cm³/mol. The van der Waals surface area contributed by atoms with Crippen molar-refractivity contribution in [3.05, 3.63) is 0 Å². The molecule has 1 aliphatic heterocycles. The molecular formula is C14H25NO. The number of hydrogen-bond donors (Lipinski definition) is 1. The van der Waals surface area contributed by atoms with E-state index in [-0.39, 0.29) is 0 Å². The van der Waals surface area contributed by atoms with E-state index in [0.717, 1.165) is 26.0 Å². The van der Waals surface area contributed by atoms with Gasteiger partial charge in [0.05, 0.1) is 6.10 Å². The second-order valence-corrected chi connectivity index (χ2v) is 4.56. The molecule has 1 saturated heterocycles. The second kappa shape index (κ2) is 8.61. The van der Waals surface area contributed by atoms with E-state index in [1.165, 1.54) is 32.1 Å². The Kier molecular flexibility index (Phi) is 7.29. The fourth-order valence-electron chi connectivity index (χ4n) is 2.35. The molecule has 0 saturated carbocycles. The Hall–Kier alpha value is -0.520. The Labute approximate surface area is 100 Å². The third-order valence-corrected chi connectivity index (χ3v) is 3.23. The summed E-state index contributed by atoms with van der Waals surface area (Å²) in [6.07, 6.45) is 14.0. The van der Waals surface area contributed by atoms with Gasteiger partial charge in [0.2, 0.25) is 0 Å². The lowest BCUT2D eigenvalue weighted by Gasteiger charge is -2.19. The van der Waals surface area contributed by atoms with E-state index >= 15 is 0 Å². The van der Waals surface area contributed by atoms with Gasteiger partial charge >= 0.3 is 0 Å². The van der Waals surface area contributed by atoms with Gasteiger partial charge in [0.25, 0.3) is 0 Å². The van der Waals surface area contributed by atoms with Crippen LogP contribution in [0.15, 0.2) is 0 Å². The molecule has 1 heterocycles. The Morgan fingerprint density at radius 2 is 2.38 bits per heavy atom. The molecular weight excluding hydrogens is 198 g/mol. The van der Waals surface area contributed by atoms with Crippen LogP contribution in [-0.4, -0.2) is 25.3 Å². The first-order valence-corrected chi connectivity index (χ1v) is 6.65. The molecule has 0 amide bonds. The monoisotopic (exact) mass is 223 g/mol. The molecule has 2 heteroatoms. The number of unbranched alkanes of at least 4 members (excludes halogenated alkanes) is 1. The van der Waals surface area contributed by atoms with Crippen LogP contribution in [0, 0.1) is 12.3 Å². The first kappa shape index (κ1) is 13.5. The van der Waals surface area contributed by atoms with Crippen molar-refractivity contribution in [1.29, 1.82) is 0 Å². The SMILES string of the molecule is C#CCCCC(CCC1CCCO1)NCC. The lowest BCUT2D eigenvalue weighted by molar-refractivity contribution is 0.0992. The van der Waals surface area contributed by atoms with E-state index in [0.29, 0.717) is 12.1 Å². The van der Waals surface area contributed by atoms with Gasteiger partial charge in [-0.25, -0.2) is 0 Å². The zero-order valence-corrected chi connectivity index (χ0v) is 10.5. The van der Waals surface area contributed by atoms with E-state index in [4.69, 9.17) is 11.2 Å². The molecule has 0 aromatic carbocycles. The van der Waals surface area contributed by atoms with Gasteiger partial charge in [0.15, 0.2) is 0 Å². The minimum absolute atomic E-state index is 0.522. The van der Waals surface area contributed by atoms with Gasteiger partial charge in [-0.15, -0.1) is 12.3 Å². The summed E-state index contributed by atoms with van der Waals surface area (Å²) in [5.74, 6) is 2.71. The molecule has 0 radical (unpaired) electrons. The molecule has 16 heavy (non-hydrogen) atoms. The molecule has 0 spiro atoms. The van der Waals surface area contributed by atoms with E-state index in [9.17, 15) is 0 Å². The van der Waals surface area contributed by atoms with Crippen LogP contribution in [-0.2, 0) is 4.74 Å². The highest BCUT2D eigenvalue weighted by Gasteiger charge is 2.17. The summed E-state index contributed by atoms with van der Waals surface area (Å²) in [5.41, 5.74) is 0. The summed E-state index contributed by atoms with van der Waals surface area (Å²) in [7, 11) is 0. The lowest BCUT2D eigenvalue weighted by atomic mass is 10.0. The number of terminal acetylenes is 1. The molecule has 1 rings (SSSR count). The van der Waals surface area contributed by atoms with Gasteiger partial charge in [0.1, 0.15) is 0 Å². The summed E-state index contributed by atoms with van der Waals surface area (Å²) in [5, 5.41) is 3.54. The highest BCUT2D eigenvalue weighted by Crippen LogP contribution is 2.19. The van der Waals surface area contributed by atoms with E-state index in [1.807, 2.05) is 0 Å². The molecule has 2 unspecified atom stereocenters. The van der Waals surface area contributed by atoms with Crippen molar-refractivity contribution < 1.29 is 4.74 Å². The van der Waals surface area contributed by atoms with Gasteiger partial charge in [-0.1, -0.05) is 6.92 Å². The summed E-state index contributed by atoms with van der Waals surface area (Å²) in [4.78, 5) is 0. The topological polar surface area (TPSA) is 21.3 Å². The first-order chi connectivity index (χ1) is 7.86. The van der Waals surface area contributed by atoms with Gasteiger partial charge in [-0.3, -0.25) is 0 Å². The third-order valence-electron chi connectivity index (χ3n) is 3.23. The normalized spacial score (nSPS) is 21.9. The smallest absolute Gasteiger partial charge is 0.0576 e. The van der Waals surface area contributed by atoms with Crippen molar-refractivity contribution in [2.75, 3.05) is 13.2 Å². The molecule has 0 bridgehead atoms. The van der Waals surface area contributed by atoms with Crippen molar-refractivity contribution in [1.82, 2.24) is 5.32 Å². The van der Waals surface area contributed by atoms with E-state index in [2.05, 4.69) is 18.2 Å². The maximum atomic E-state index is 5.65. The molecule has 0 aliphatic carbocycles. The fraction of sp³-hybridized carbons (Fsp3) is 0.857. The predicted octanol–water partition coefficient (Wildman–Crippen LogP) is 2.73. The Balaban J connectivity index is 2.13. The largest absolute Gasteiger partial charge is 0.378 e. The molecule has 2 nitrogen and oxygen atoms in total. The van der Waals surface area contributed by atoms with Gasteiger partial charge in [-0.05, 0) is 45.1 Å². The molecule has 1 N–H and O–H groups in total. The van der Waals surface area contributed by atoms with Crippen molar-refractivity contribution in [3.8, 4) is 12.3 Å². The number of rotatable bonds is 8. The van der Waals surface area contributed by atoms with Gasteiger partial charge in [-0.2, -0.15) is 0 Å². The summed E-state index contributed by atoms with van der Waals surface area (Å²) in [6.45, 7) is 4.18. The minimum Gasteiger partial charge on any atom is -0.378 e. The van der Waals surface area contributed by atoms with E-state index < -0.39 is 0 Å². The average Bonchev–Trinajstić information content (AvgIpc) is 2.79. The number of hydrogen-bond acceptors (Lipinski definition) is 2. The van der Waals surface area contributed by atoms with Crippen molar-refractivity contribution in [3.63, 3.8) is 0 Å². The first-order valence-electron chi connectivity index (χ1n) is 6.65. The summed E-state index contributed by atoms with van der Waals surface area (Å²) in [6, 6.07) is 0.627. The van der Waals surface area contributed by atoms with Crippen LogP contribution in [0.2, 0.25) is 0 Å². The third kappa shape index (κ3) is 5.53. The standard InChI is InChI=1S/C14H25NO/c1-3-5-6-8-13(15-4-2)10-11-14-9-7-12-16-14/h1,13-15H,4-12H2,2H3. The molecule has 0 aromatic rings. The van der Waals surface area contributed by atoms with Crippen molar-refractivity contribution in [2.45, 2.75) is 64.0 Å². The van der Waals surface area contributed by atoms with Gasteiger partial charge < -0.3 is 10.1 Å². The maximum Gasteiger partial charge on any atom is 0.0576 e. The minimum atomic E-state index is 0.522. The van der Waals surface area contributed by atoms with Crippen LogP contribution in [0.1, 0.15) is 51.9 Å². The van der Waals surface area contributed by atoms with Crippen LogP contribution < -0.4 is 5.32 Å². The quantitative estimate of drug-likeness (QED) is 0.504. The molecule has 2 atom stereocenters. The van der Waals surface area contributed by atoms with Crippen LogP contribution in [0.4, 0.5) is 0 Å². The Morgan fingerprint density at radius 1 is 1.50 bits per heavy atom. The molecule has 1 fully saturated rings. The summed E-state index contributed by atoms with van der Waals surface area (Å²) >= 11 is 0. The van der Waals surface area contributed by atoms with Crippen LogP contribution in [0.3, 0.4) is 0 Å². The van der Waals surface area contributed by atoms with Gasteiger partial charge in [0, 0.05) is 19.1 Å². The van der Waals surface area contributed by atoms with Crippen molar-refractivity contribution >= 4 is 0 Å². The lowest BCUT2D eigenvalue weighted by Crippen LogP contribution is -2.29. The Bertz CT molecular complexity index is 203. The van der Waals surface area contributed by atoms with Crippen LogP contribution in [0.5, 0.6) is 0 Å². The zero-order valence-electron chi connectivity index (χ0n) is 10.5. The van der Waals surface area contributed by atoms with Crippen LogP contribution >= 0.6 is 0 Å². The highest BCUT2D eigenvalue weighted by molar-refractivity contribution is 4.84. The zero-order chi connectivity index (χ0) is 11.6. The fourth-order valence-corrected chi connectivity index (χ4v) is 2.35. The molecule has 92 valence electrons. The average molecular weight is 223 g/mol. The highest BCUT2D eigenvalue weighted by atomic mass is 16.5. The summed E-state index contributed by atoms with van der Waals surface area (Å²) < 4.78 is 5.65. The maximum absolute atomic E-state index is 5.65. The van der Waals surface area contributed by atoms with Crippen molar-refractivity contribution in [2.24, 2.45) is 0 Å². The second-order valence-electron chi connectivity index (χ2n) is 4.56. The number of ether oxygens (including phenoxy) is 1. The molecule has 1 aliphatic rings. The van der Waals surface area contributed by atoms with E-state index in [1.54, 1.807) is 0 Å². The molecule has 0 aromatic heterocycles. The van der Waals surface area contributed by atoms with Crippen LogP contribution in [0.25, 0.3) is 0 Å². The number of nitrogens with one attached hydrogen (secondary N) is 1. The Morgan fingerprint density at radius 3 is 3.00 bits per heavy atom.